The molecule has 0 aliphatic carbocycles. The number of benzene rings is 1. The molecule has 0 aliphatic heterocycles. The Morgan fingerprint density at radius 1 is 0.827 bits per heavy atom. The van der Waals surface area contributed by atoms with Gasteiger partial charge in [-0.2, -0.15) is 0 Å². The summed E-state index contributed by atoms with van der Waals surface area (Å²) in [6, 6.07) is 13.9. The fourth-order valence-electron chi connectivity index (χ4n) is 6.20. The van der Waals surface area contributed by atoms with Gasteiger partial charge >= 0.3 is 5.97 Å². The lowest BCUT2D eigenvalue weighted by Crippen LogP contribution is -2.33. The molecule has 0 saturated carbocycles. The summed E-state index contributed by atoms with van der Waals surface area (Å²) >= 11 is 6.53. The van der Waals surface area contributed by atoms with Crippen LogP contribution in [0.4, 0.5) is 0 Å². The second-order valence-electron chi connectivity index (χ2n) is 13.2. The number of aromatic nitrogens is 6. The minimum atomic E-state index is -0.435. The van der Waals surface area contributed by atoms with E-state index in [0.717, 1.165) is 97.3 Å². The highest BCUT2D eigenvalue weighted by Gasteiger charge is 2.19. The predicted molar refractivity (Wildman–Crippen MR) is 203 cm³/mol. The van der Waals surface area contributed by atoms with Crippen molar-refractivity contribution in [3.63, 3.8) is 0 Å². The molecule has 10 nitrogen and oxygen atoms in total. The van der Waals surface area contributed by atoms with E-state index in [9.17, 15) is 4.79 Å². The molecule has 4 heterocycles. The highest BCUT2D eigenvalue weighted by Crippen LogP contribution is 2.39. The molecule has 0 spiro atoms. The van der Waals surface area contributed by atoms with Crippen LogP contribution in [0.2, 0.25) is 5.02 Å². The van der Waals surface area contributed by atoms with Crippen molar-refractivity contribution in [1.29, 1.82) is 0 Å². The number of halogens is 1. The lowest BCUT2D eigenvalue weighted by Gasteiger charge is -2.11. The Bertz CT molecular complexity index is 1800. The van der Waals surface area contributed by atoms with Crippen molar-refractivity contribution in [2.75, 3.05) is 26.4 Å². The van der Waals surface area contributed by atoms with Crippen molar-refractivity contribution in [1.82, 2.24) is 25.0 Å². The number of carbonyl (C=O) groups excluding carboxylic acids is 1. The Kier molecular flexibility index (Phi) is 16.5. The van der Waals surface area contributed by atoms with Crippen LogP contribution < -0.4 is 9.30 Å². The average molecular weight is 728 g/mol. The number of aryl methyl sites for hydroxylation is 4. The van der Waals surface area contributed by atoms with Gasteiger partial charge in [-0.1, -0.05) is 42.1 Å². The molecule has 0 radical (unpaired) electrons. The molecule has 0 bridgehead atoms. The molecular formula is C41H52ClN6O4+. The lowest BCUT2D eigenvalue weighted by molar-refractivity contribution is -0.697. The summed E-state index contributed by atoms with van der Waals surface area (Å²) in [5, 5.41) is 9.85. The number of fused-ring (bicyclic) bond motifs is 1. The number of hydrogen-bond donors (Lipinski definition) is 0. The molecule has 1 aromatic carbocycles. The molecule has 52 heavy (non-hydrogen) atoms. The first-order chi connectivity index (χ1) is 25.6. The Labute approximate surface area is 312 Å². The van der Waals surface area contributed by atoms with Gasteiger partial charge in [0.15, 0.2) is 18.1 Å². The first-order valence-electron chi connectivity index (χ1n) is 18.8. The van der Waals surface area contributed by atoms with Crippen LogP contribution in [0.1, 0.15) is 82.3 Å². The van der Waals surface area contributed by atoms with Crippen LogP contribution in [-0.2, 0) is 40.2 Å². The van der Waals surface area contributed by atoms with E-state index >= 15 is 0 Å². The second kappa shape index (κ2) is 22.0. The van der Waals surface area contributed by atoms with Gasteiger partial charge in [0.05, 0.1) is 16.8 Å². The Hall–Kier alpha value is -4.25. The lowest BCUT2D eigenvalue weighted by atomic mass is 10.1. The Morgan fingerprint density at radius 3 is 2.31 bits per heavy atom. The first kappa shape index (κ1) is 39.0. The second-order valence-corrected chi connectivity index (χ2v) is 13.6. The summed E-state index contributed by atoms with van der Waals surface area (Å²) < 4.78 is 21.4. The molecule has 0 unspecified atom stereocenters. The van der Waals surface area contributed by atoms with Gasteiger partial charge < -0.3 is 14.2 Å². The number of unbranched alkanes of at least 4 members (excludes halogenated alkanes) is 6. The van der Waals surface area contributed by atoms with Crippen molar-refractivity contribution in [3.05, 3.63) is 95.8 Å². The zero-order valence-electron chi connectivity index (χ0n) is 30.4. The molecule has 0 amide bonds. The van der Waals surface area contributed by atoms with Crippen molar-refractivity contribution in [3.8, 4) is 17.0 Å². The van der Waals surface area contributed by atoms with E-state index in [2.05, 4.69) is 55.4 Å². The van der Waals surface area contributed by atoms with E-state index in [4.69, 9.17) is 25.8 Å². The topological polar surface area (TPSA) is 105 Å². The summed E-state index contributed by atoms with van der Waals surface area (Å²) in [5.74, 6) is -0.0920. The van der Waals surface area contributed by atoms with E-state index in [1.54, 1.807) is 18.3 Å². The Morgan fingerprint density at radius 2 is 1.54 bits per heavy atom. The molecule has 0 N–H and O–H groups in total. The molecule has 0 fully saturated rings. The zero-order chi connectivity index (χ0) is 36.2. The number of hydrogen-bond acceptors (Lipinski definition) is 8. The number of ether oxygens (including phenoxy) is 3. The van der Waals surface area contributed by atoms with Gasteiger partial charge in [-0.05, 0) is 87.3 Å². The fourth-order valence-corrected chi connectivity index (χ4v) is 6.46. The van der Waals surface area contributed by atoms with Gasteiger partial charge in [-0.25, -0.2) is 4.57 Å². The van der Waals surface area contributed by atoms with E-state index < -0.39 is 5.97 Å². The maximum absolute atomic E-state index is 11.9. The standard InChI is InChI=1S/C41H52ClN6O4/c1-33(49)52-41-37(29-38(42)36-19-11-21-44-40(36)41)39-32-48(46-45-39)24-7-3-5-9-26-51-28-14-18-35-16-12-23-47(31-35)22-6-2-4-8-25-50-27-13-17-34-15-10-20-43-30-34/h10-12,15-16,19-21,23,29-32H,2-9,13-14,17-18,22,24-28H2,1H3/q+1. The highest BCUT2D eigenvalue weighted by atomic mass is 35.5. The van der Waals surface area contributed by atoms with Crippen LogP contribution in [0.5, 0.6) is 5.75 Å². The van der Waals surface area contributed by atoms with E-state index in [1.807, 2.05) is 35.4 Å². The van der Waals surface area contributed by atoms with E-state index in [0.29, 0.717) is 32.9 Å². The van der Waals surface area contributed by atoms with Crippen molar-refractivity contribution < 1.29 is 23.6 Å². The molecule has 0 aliphatic rings. The molecule has 11 heteroatoms. The van der Waals surface area contributed by atoms with Crippen LogP contribution in [0.15, 0.2) is 79.6 Å². The van der Waals surface area contributed by atoms with Crippen LogP contribution >= 0.6 is 11.6 Å². The van der Waals surface area contributed by atoms with E-state index in [-0.39, 0.29) is 0 Å². The van der Waals surface area contributed by atoms with Gasteiger partial charge in [-0.15, -0.1) is 5.10 Å². The molecule has 276 valence electrons. The van der Waals surface area contributed by atoms with Crippen LogP contribution in [0.3, 0.4) is 0 Å². The largest absolute Gasteiger partial charge is 0.424 e. The van der Waals surface area contributed by atoms with Gasteiger partial charge in [0.2, 0.25) is 0 Å². The number of esters is 1. The van der Waals surface area contributed by atoms with Gasteiger partial charge in [0.1, 0.15) is 17.8 Å². The summed E-state index contributed by atoms with van der Waals surface area (Å²) in [5.41, 5.74) is 4.34. The number of nitrogens with zero attached hydrogens (tertiary/aromatic N) is 6. The van der Waals surface area contributed by atoms with Gasteiger partial charge in [-0.3, -0.25) is 19.4 Å². The minimum absolute atomic E-state index is 0.343. The zero-order valence-corrected chi connectivity index (χ0v) is 31.2. The normalized spacial score (nSPS) is 11.3. The molecule has 0 atom stereocenters. The predicted octanol–water partition coefficient (Wildman–Crippen LogP) is 8.17. The summed E-state index contributed by atoms with van der Waals surface area (Å²) in [7, 11) is 0. The molecule has 4 aromatic heterocycles. The molecule has 0 saturated heterocycles. The molecular weight excluding hydrogens is 676 g/mol. The van der Waals surface area contributed by atoms with Crippen LogP contribution in [-0.4, -0.2) is 57.4 Å². The highest BCUT2D eigenvalue weighted by molar-refractivity contribution is 6.36. The van der Waals surface area contributed by atoms with E-state index in [1.165, 1.54) is 37.3 Å². The summed E-state index contributed by atoms with van der Waals surface area (Å²) in [6.45, 7) is 6.42. The van der Waals surface area contributed by atoms with Gasteiger partial charge in [0.25, 0.3) is 0 Å². The third kappa shape index (κ3) is 13.1. The first-order valence-corrected chi connectivity index (χ1v) is 19.1. The summed E-state index contributed by atoms with van der Waals surface area (Å²) in [4.78, 5) is 20.4. The SMILES string of the molecule is CC(=O)Oc1c(-c2cn(CCCCCCOCCCc3ccc[n+](CCCCCCOCCCc4cccnc4)c3)nn2)cc(Cl)c2cccnc12. The maximum atomic E-state index is 11.9. The molecule has 5 aromatic rings. The average Bonchev–Trinajstić information content (AvgIpc) is 3.63. The van der Waals surface area contributed by atoms with Crippen molar-refractivity contribution in [2.45, 2.75) is 97.1 Å². The maximum Gasteiger partial charge on any atom is 0.308 e. The number of pyridine rings is 3. The van der Waals surface area contributed by atoms with Gasteiger partial charge in [0, 0.05) is 81.9 Å². The summed E-state index contributed by atoms with van der Waals surface area (Å²) in [6.07, 6.45) is 24.8. The van der Waals surface area contributed by atoms with Crippen LogP contribution in [0, 0.1) is 0 Å². The van der Waals surface area contributed by atoms with Crippen molar-refractivity contribution >= 4 is 28.5 Å². The monoisotopic (exact) mass is 727 g/mol. The number of carbonyl (C=O) groups is 1. The Balaban J connectivity index is 0.877. The smallest absolute Gasteiger partial charge is 0.308 e. The van der Waals surface area contributed by atoms with Crippen LogP contribution in [0.25, 0.3) is 22.2 Å². The quantitative estimate of drug-likeness (QED) is 0.0271. The fraction of sp³-hybridized carbons (Fsp3) is 0.463. The minimum Gasteiger partial charge on any atom is -0.424 e. The third-order valence-corrected chi connectivity index (χ3v) is 9.20. The third-order valence-electron chi connectivity index (χ3n) is 8.89. The number of rotatable bonds is 24. The van der Waals surface area contributed by atoms with Crippen molar-refractivity contribution in [2.24, 2.45) is 0 Å². The molecule has 5 rings (SSSR count).